The lowest BCUT2D eigenvalue weighted by molar-refractivity contribution is 0.250. The number of hydrogen-bond donors (Lipinski definition) is 0. The van der Waals surface area contributed by atoms with Crippen molar-refractivity contribution in [3.8, 4) is 0 Å². The summed E-state index contributed by atoms with van der Waals surface area (Å²) in [5.74, 6) is 0. The van der Waals surface area contributed by atoms with E-state index < -0.39 is 0 Å². The van der Waals surface area contributed by atoms with Crippen molar-refractivity contribution in [3.63, 3.8) is 0 Å². The predicted octanol–water partition coefficient (Wildman–Crippen LogP) is 4.93. The molecule has 2 heterocycles. The van der Waals surface area contributed by atoms with Crippen LogP contribution in [0.3, 0.4) is 0 Å². The second-order valence-corrected chi connectivity index (χ2v) is 7.82. The van der Waals surface area contributed by atoms with Gasteiger partial charge in [-0.1, -0.05) is 52.7 Å². The third kappa shape index (κ3) is 3.38. The van der Waals surface area contributed by atoms with Gasteiger partial charge in [0.2, 0.25) is 0 Å². The minimum Gasteiger partial charge on any atom is -0.345 e. The Kier molecular flexibility index (Phi) is 4.63. The highest BCUT2D eigenvalue weighted by atomic mass is 35.5. The highest BCUT2D eigenvalue weighted by Crippen LogP contribution is 2.29. The van der Waals surface area contributed by atoms with E-state index in [1.807, 2.05) is 24.3 Å². The van der Waals surface area contributed by atoms with Crippen LogP contribution >= 0.6 is 34.5 Å². The first-order valence-corrected chi connectivity index (χ1v) is 9.53. The summed E-state index contributed by atoms with van der Waals surface area (Å²) >= 11 is 14.0. The molecule has 0 unspecified atom stereocenters. The Balaban J connectivity index is 1.41. The van der Waals surface area contributed by atoms with Crippen LogP contribution in [0, 0.1) is 0 Å². The lowest BCUT2D eigenvalue weighted by Crippen LogP contribution is -2.45. The summed E-state index contributed by atoms with van der Waals surface area (Å²) in [7, 11) is 0. The van der Waals surface area contributed by atoms with Crippen molar-refractivity contribution in [2.24, 2.45) is 0 Å². The topological polar surface area (TPSA) is 19.4 Å². The molecule has 124 valence electrons. The van der Waals surface area contributed by atoms with Gasteiger partial charge in [0, 0.05) is 42.8 Å². The molecule has 1 fully saturated rings. The number of piperazine rings is 1. The van der Waals surface area contributed by atoms with E-state index in [1.165, 1.54) is 4.70 Å². The van der Waals surface area contributed by atoms with Crippen molar-refractivity contribution in [1.82, 2.24) is 9.88 Å². The molecule has 1 aromatic heterocycles. The number of thiazole rings is 1. The smallest absolute Gasteiger partial charge is 0.186 e. The predicted molar refractivity (Wildman–Crippen MR) is 104 cm³/mol. The molecule has 2 aromatic carbocycles. The normalized spacial score (nSPS) is 16.0. The summed E-state index contributed by atoms with van der Waals surface area (Å²) in [4.78, 5) is 9.57. The summed E-state index contributed by atoms with van der Waals surface area (Å²) in [6.45, 7) is 4.86. The molecule has 1 aliphatic rings. The van der Waals surface area contributed by atoms with Crippen molar-refractivity contribution in [2.45, 2.75) is 6.54 Å². The van der Waals surface area contributed by atoms with Crippen LogP contribution in [0.15, 0.2) is 42.5 Å². The zero-order chi connectivity index (χ0) is 16.5. The summed E-state index contributed by atoms with van der Waals surface area (Å²) in [6, 6.07) is 14.1. The number of halogens is 2. The second kappa shape index (κ2) is 6.89. The fourth-order valence-electron chi connectivity index (χ4n) is 2.98. The minimum absolute atomic E-state index is 0.685. The van der Waals surface area contributed by atoms with Gasteiger partial charge in [0.25, 0.3) is 0 Å². The van der Waals surface area contributed by atoms with Crippen molar-refractivity contribution >= 4 is 49.9 Å². The molecular formula is C18H17Cl2N3S. The van der Waals surface area contributed by atoms with Gasteiger partial charge in [-0.3, -0.25) is 4.90 Å². The van der Waals surface area contributed by atoms with Crippen LogP contribution in [-0.2, 0) is 6.54 Å². The van der Waals surface area contributed by atoms with Crippen LogP contribution in [0.1, 0.15) is 5.56 Å². The van der Waals surface area contributed by atoms with Gasteiger partial charge >= 0.3 is 0 Å². The second-order valence-electron chi connectivity index (χ2n) is 5.96. The molecule has 0 saturated carbocycles. The molecule has 3 nitrogen and oxygen atoms in total. The SMILES string of the molecule is Clc1ccc(CN2CCN(c3nc4ccccc4s3)CC2)c(Cl)c1. The standard InChI is InChI=1S/C18H17Cl2N3S/c19-14-6-5-13(15(20)11-14)12-22-7-9-23(10-8-22)18-21-16-3-1-2-4-17(16)24-18/h1-6,11H,7-10,12H2. The van der Waals surface area contributed by atoms with Crippen LogP contribution in [-0.4, -0.2) is 36.1 Å². The lowest BCUT2D eigenvalue weighted by atomic mass is 10.2. The summed E-state index contributed by atoms with van der Waals surface area (Å²) in [5, 5.41) is 2.56. The molecule has 1 aliphatic heterocycles. The molecule has 6 heteroatoms. The molecule has 4 rings (SSSR count). The Morgan fingerprint density at radius 1 is 1.00 bits per heavy atom. The quantitative estimate of drug-likeness (QED) is 0.645. The van der Waals surface area contributed by atoms with E-state index in [2.05, 4.69) is 28.0 Å². The van der Waals surface area contributed by atoms with Crippen LogP contribution in [0.2, 0.25) is 10.0 Å². The van der Waals surface area contributed by atoms with Crippen molar-refractivity contribution < 1.29 is 0 Å². The van der Waals surface area contributed by atoms with E-state index in [0.29, 0.717) is 5.02 Å². The number of fused-ring (bicyclic) bond motifs is 1. The van der Waals surface area contributed by atoms with Crippen molar-refractivity contribution in [3.05, 3.63) is 58.1 Å². The summed E-state index contributed by atoms with van der Waals surface area (Å²) in [5.41, 5.74) is 2.22. The Labute approximate surface area is 155 Å². The first-order chi connectivity index (χ1) is 11.7. The van der Waals surface area contributed by atoms with Gasteiger partial charge < -0.3 is 4.90 Å². The summed E-state index contributed by atoms with van der Waals surface area (Å²) < 4.78 is 1.25. The molecule has 1 saturated heterocycles. The average molecular weight is 378 g/mol. The molecule has 0 amide bonds. The number of benzene rings is 2. The Morgan fingerprint density at radius 2 is 1.79 bits per heavy atom. The van der Waals surface area contributed by atoms with Gasteiger partial charge in [0.05, 0.1) is 10.2 Å². The molecule has 0 spiro atoms. The molecule has 0 bridgehead atoms. The first kappa shape index (κ1) is 16.2. The Bertz CT molecular complexity index is 823. The lowest BCUT2D eigenvalue weighted by Gasteiger charge is -2.34. The Hall–Kier alpha value is -1.33. The van der Waals surface area contributed by atoms with Gasteiger partial charge in [-0.25, -0.2) is 4.98 Å². The van der Waals surface area contributed by atoms with Crippen molar-refractivity contribution in [1.29, 1.82) is 0 Å². The van der Waals surface area contributed by atoms with Gasteiger partial charge in [-0.15, -0.1) is 0 Å². The van der Waals surface area contributed by atoms with E-state index in [0.717, 1.165) is 54.0 Å². The monoisotopic (exact) mass is 377 g/mol. The van der Waals surface area contributed by atoms with E-state index in [9.17, 15) is 0 Å². The fourth-order valence-corrected chi connectivity index (χ4v) is 4.47. The molecule has 0 N–H and O–H groups in total. The van der Waals surface area contributed by atoms with E-state index in [1.54, 1.807) is 11.3 Å². The largest absolute Gasteiger partial charge is 0.345 e. The zero-order valence-electron chi connectivity index (χ0n) is 13.1. The fraction of sp³-hybridized carbons (Fsp3) is 0.278. The number of nitrogens with zero attached hydrogens (tertiary/aromatic N) is 3. The van der Waals surface area contributed by atoms with Crippen LogP contribution in [0.5, 0.6) is 0 Å². The molecule has 0 radical (unpaired) electrons. The summed E-state index contributed by atoms with van der Waals surface area (Å²) in [6.07, 6.45) is 0. The maximum Gasteiger partial charge on any atom is 0.186 e. The first-order valence-electron chi connectivity index (χ1n) is 7.96. The third-order valence-corrected chi connectivity index (χ3v) is 6.02. The van der Waals surface area contributed by atoms with Gasteiger partial charge in [-0.2, -0.15) is 0 Å². The number of aromatic nitrogens is 1. The molecule has 24 heavy (non-hydrogen) atoms. The van der Waals surface area contributed by atoms with Gasteiger partial charge in [0.15, 0.2) is 5.13 Å². The third-order valence-electron chi connectivity index (χ3n) is 4.33. The molecule has 0 atom stereocenters. The maximum atomic E-state index is 6.29. The van der Waals surface area contributed by atoms with Gasteiger partial charge in [0.1, 0.15) is 0 Å². The van der Waals surface area contributed by atoms with Crippen molar-refractivity contribution in [2.75, 3.05) is 31.1 Å². The maximum absolute atomic E-state index is 6.29. The van der Waals surface area contributed by atoms with Gasteiger partial charge in [-0.05, 0) is 29.8 Å². The van der Waals surface area contributed by atoms with Crippen LogP contribution < -0.4 is 4.90 Å². The molecular weight excluding hydrogens is 361 g/mol. The highest BCUT2D eigenvalue weighted by Gasteiger charge is 2.20. The molecule has 3 aromatic rings. The number of hydrogen-bond acceptors (Lipinski definition) is 4. The van der Waals surface area contributed by atoms with E-state index >= 15 is 0 Å². The number of anilines is 1. The van der Waals surface area contributed by atoms with Crippen LogP contribution in [0.25, 0.3) is 10.2 Å². The minimum atomic E-state index is 0.685. The highest BCUT2D eigenvalue weighted by molar-refractivity contribution is 7.22. The number of para-hydroxylation sites is 1. The average Bonchev–Trinajstić information content (AvgIpc) is 3.02. The Morgan fingerprint density at radius 3 is 2.54 bits per heavy atom. The number of rotatable bonds is 3. The van der Waals surface area contributed by atoms with Crippen LogP contribution in [0.4, 0.5) is 5.13 Å². The zero-order valence-corrected chi connectivity index (χ0v) is 15.4. The molecule has 0 aliphatic carbocycles. The van der Waals surface area contributed by atoms with E-state index in [-0.39, 0.29) is 0 Å². The van der Waals surface area contributed by atoms with E-state index in [4.69, 9.17) is 28.2 Å².